The summed E-state index contributed by atoms with van der Waals surface area (Å²) in [6.07, 6.45) is -3.21. The highest BCUT2D eigenvalue weighted by Crippen LogP contribution is 2.32. The van der Waals surface area contributed by atoms with Gasteiger partial charge in [0.05, 0.1) is 17.6 Å². The lowest BCUT2D eigenvalue weighted by Crippen LogP contribution is -2.57. The first-order valence-corrected chi connectivity index (χ1v) is 10.4. The van der Waals surface area contributed by atoms with Crippen LogP contribution in [0.3, 0.4) is 0 Å². The van der Waals surface area contributed by atoms with Gasteiger partial charge in [-0.15, -0.1) is 0 Å². The fourth-order valence-electron chi connectivity index (χ4n) is 3.43. The van der Waals surface area contributed by atoms with Crippen molar-refractivity contribution in [2.24, 2.45) is 5.92 Å². The lowest BCUT2D eigenvalue weighted by molar-refractivity contribution is -0.384. The maximum absolute atomic E-state index is 11.9. The second-order valence-electron chi connectivity index (χ2n) is 7.40. The van der Waals surface area contributed by atoms with Crippen molar-refractivity contribution in [3.63, 3.8) is 0 Å². The lowest BCUT2D eigenvalue weighted by atomic mass is 9.89. The fourth-order valence-corrected chi connectivity index (χ4v) is 3.43. The van der Waals surface area contributed by atoms with Gasteiger partial charge in [0.25, 0.3) is 5.69 Å². The summed E-state index contributed by atoms with van der Waals surface area (Å²) in [5, 5.41) is 13.1. The molecule has 33 heavy (non-hydrogen) atoms. The summed E-state index contributed by atoms with van der Waals surface area (Å²) in [6, 6.07) is 5.03. The third-order valence-electron chi connectivity index (χ3n) is 4.92. The predicted octanol–water partition coefficient (Wildman–Crippen LogP) is 2.33. The number of rotatable bonds is 9. The lowest BCUT2D eigenvalue weighted by Gasteiger charge is -2.43. The van der Waals surface area contributed by atoms with Crippen molar-refractivity contribution < 1.29 is 43.0 Å². The molecule has 2 rings (SSSR count). The molecule has 12 nitrogen and oxygen atoms in total. The number of non-ortho nitro benzene ring substituents is 1. The van der Waals surface area contributed by atoms with Crippen LogP contribution < -0.4 is 10.1 Å². The number of nitrogens with zero attached hydrogens (tertiary/aromatic N) is 1. The maximum atomic E-state index is 11.9. The van der Waals surface area contributed by atoms with Crippen molar-refractivity contribution in [3.05, 3.63) is 34.4 Å². The zero-order valence-electron chi connectivity index (χ0n) is 18.8. The van der Waals surface area contributed by atoms with Crippen LogP contribution in [-0.2, 0) is 28.5 Å². The number of benzene rings is 1. The number of hydrogen-bond acceptors (Lipinski definition) is 10. The smallest absolute Gasteiger partial charge is 0.412 e. The average Bonchev–Trinajstić information content (AvgIpc) is 2.74. The molecule has 1 aliphatic heterocycles. The van der Waals surface area contributed by atoms with Gasteiger partial charge < -0.3 is 29.0 Å². The largest absolute Gasteiger partial charge is 0.458 e. The highest BCUT2D eigenvalue weighted by atomic mass is 16.7. The Hall–Kier alpha value is -3.25. The first-order valence-electron chi connectivity index (χ1n) is 10.4. The van der Waals surface area contributed by atoms with Gasteiger partial charge >= 0.3 is 18.0 Å². The minimum Gasteiger partial charge on any atom is -0.458 e. The second-order valence-corrected chi connectivity index (χ2v) is 7.40. The van der Waals surface area contributed by atoms with E-state index in [9.17, 15) is 24.5 Å². The van der Waals surface area contributed by atoms with Crippen molar-refractivity contribution in [1.29, 1.82) is 0 Å². The molecule has 0 unspecified atom stereocenters. The first kappa shape index (κ1) is 26.0. The van der Waals surface area contributed by atoms with E-state index in [-0.39, 0.29) is 36.6 Å². The van der Waals surface area contributed by atoms with Gasteiger partial charge in [0.15, 0.2) is 12.4 Å². The van der Waals surface area contributed by atoms with Gasteiger partial charge in [-0.1, -0.05) is 13.8 Å². The Bertz CT molecular complexity index is 844. The SMILES string of the molecule is CC[C@H]1O[C@@H](OCCNC(=O)Oc2ccc([N+](=O)[O-])cc2)[C@H](OC(C)=O)[C@@H](OC(C)=O)[C@@H]1C. The minimum atomic E-state index is -1.01. The summed E-state index contributed by atoms with van der Waals surface area (Å²) in [6.45, 7) is 6.26. The molecule has 1 aromatic rings. The molecule has 1 N–H and O–H groups in total. The number of nitrogens with one attached hydrogen (secondary N) is 1. The van der Waals surface area contributed by atoms with E-state index in [4.69, 9.17) is 23.7 Å². The molecular formula is C21H28N2O10. The summed E-state index contributed by atoms with van der Waals surface area (Å²) < 4.78 is 27.4. The van der Waals surface area contributed by atoms with Gasteiger partial charge in [0.1, 0.15) is 11.9 Å². The number of ether oxygens (including phenoxy) is 5. The number of nitro benzene ring substituents is 1. The Kier molecular flexibility index (Phi) is 9.55. The van der Waals surface area contributed by atoms with Crippen LogP contribution in [0, 0.1) is 16.0 Å². The highest BCUT2D eigenvalue weighted by molar-refractivity contribution is 5.70. The number of carbonyl (C=O) groups is 3. The number of nitro groups is 1. The van der Waals surface area contributed by atoms with E-state index >= 15 is 0 Å². The zero-order valence-corrected chi connectivity index (χ0v) is 18.8. The van der Waals surface area contributed by atoms with Crippen LogP contribution in [0.15, 0.2) is 24.3 Å². The van der Waals surface area contributed by atoms with Gasteiger partial charge in [0.2, 0.25) is 0 Å². The van der Waals surface area contributed by atoms with Gasteiger partial charge in [0, 0.05) is 38.4 Å². The van der Waals surface area contributed by atoms with Crippen LogP contribution in [-0.4, -0.2) is 60.7 Å². The van der Waals surface area contributed by atoms with Gasteiger partial charge in [-0.25, -0.2) is 4.79 Å². The van der Waals surface area contributed by atoms with Crippen molar-refractivity contribution >= 4 is 23.7 Å². The molecule has 12 heteroatoms. The van der Waals surface area contributed by atoms with Crippen LogP contribution in [0.5, 0.6) is 5.75 Å². The molecule has 1 aromatic carbocycles. The molecule has 1 aliphatic rings. The van der Waals surface area contributed by atoms with Crippen molar-refractivity contribution in [2.45, 2.75) is 58.7 Å². The Morgan fingerprint density at radius 3 is 2.24 bits per heavy atom. The minimum absolute atomic E-state index is 0.0185. The van der Waals surface area contributed by atoms with E-state index < -0.39 is 41.5 Å². The fraction of sp³-hybridized carbons (Fsp3) is 0.571. The normalized spacial score (nSPS) is 24.4. The predicted molar refractivity (Wildman–Crippen MR) is 112 cm³/mol. The number of esters is 2. The number of hydrogen-bond donors (Lipinski definition) is 1. The summed E-state index contributed by atoms with van der Waals surface area (Å²) in [5.41, 5.74) is -0.127. The Morgan fingerprint density at radius 1 is 1.09 bits per heavy atom. The molecule has 1 heterocycles. The van der Waals surface area contributed by atoms with Crippen LogP contribution in [0.4, 0.5) is 10.5 Å². The van der Waals surface area contributed by atoms with Crippen LogP contribution in [0.1, 0.15) is 34.1 Å². The molecule has 0 saturated carbocycles. The van der Waals surface area contributed by atoms with Crippen LogP contribution in [0.25, 0.3) is 0 Å². The van der Waals surface area contributed by atoms with Gasteiger partial charge in [-0.05, 0) is 18.6 Å². The van der Waals surface area contributed by atoms with Crippen LogP contribution in [0.2, 0.25) is 0 Å². The maximum Gasteiger partial charge on any atom is 0.412 e. The molecule has 0 aromatic heterocycles. The Labute approximate surface area is 190 Å². The van der Waals surface area contributed by atoms with E-state index in [2.05, 4.69) is 5.32 Å². The molecule has 0 spiro atoms. The molecule has 5 atom stereocenters. The monoisotopic (exact) mass is 468 g/mol. The summed E-state index contributed by atoms with van der Waals surface area (Å²) in [7, 11) is 0. The number of carbonyl (C=O) groups excluding carboxylic acids is 3. The summed E-state index contributed by atoms with van der Waals surface area (Å²) in [4.78, 5) is 45.2. The van der Waals surface area contributed by atoms with E-state index in [0.29, 0.717) is 6.42 Å². The summed E-state index contributed by atoms with van der Waals surface area (Å²) >= 11 is 0. The Morgan fingerprint density at radius 2 is 1.70 bits per heavy atom. The van der Waals surface area contributed by atoms with Gasteiger partial charge in [-0.3, -0.25) is 19.7 Å². The van der Waals surface area contributed by atoms with Crippen molar-refractivity contribution in [2.75, 3.05) is 13.2 Å². The van der Waals surface area contributed by atoms with E-state index in [0.717, 1.165) is 0 Å². The van der Waals surface area contributed by atoms with Crippen molar-refractivity contribution in [3.8, 4) is 5.75 Å². The zero-order chi connectivity index (χ0) is 24.5. The molecule has 1 saturated heterocycles. The third-order valence-corrected chi connectivity index (χ3v) is 4.92. The molecule has 0 aliphatic carbocycles. The standard InChI is InChI=1S/C21H28N2O10/c1-5-17-12(2)18(30-13(3)24)19(31-14(4)25)20(33-17)29-11-10-22-21(26)32-16-8-6-15(7-9-16)23(27)28/h6-9,12,17-20H,5,10-11H2,1-4H3,(H,22,26)/t12-,17-,18+,19-,20-/m1/s1. The van der Waals surface area contributed by atoms with E-state index in [1.807, 2.05) is 13.8 Å². The molecule has 0 bridgehead atoms. The highest BCUT2D eigenvalue weighted by Gasteiger charge is 2.47. The molecule has 1 amide bonds. The second kappa shape index (κ2) is 12.1. The topological polar surface area (TPSA) is 153 Å². The third kappa shape index (κ3) is 7.68. The van der Waals surface area contributed by atoms with Crippen molar-refractivity contribution in [1.82, 2.24) is 5.32 Å². The molecule has 1 fully saturated rings. The molecule has 0 radical (unpaired) electrons. The quantitative estimate of drug-likeness (QED) is 0.247. The Balaban J connectivity index is 1.92. The first-order chi connectivity index (χ1) is 15.6. The molecular weight excluding hydrogens is 440 g/mol. The summed E-state index contributed by atoms with van der Waals surface area (Å²) in [5.74, 6) is -1.21. The van der Waals surface area contributed by atoms with E-state index in [1.54, 1.807) is 0 Å². The average molecular weight is 468 g/mol. The van der Waals surface area contributed by atoms with E-state index in [1.165, 1.54) is 38.1 Å². The van der Waals surface area contributed by atoms with Crippen LogP contribution >= 0.6 is 0 Å². The molecule has 182 valence electrons. The number of amides is 1. The van der Waals surface area contributed by atoms with Gasteiger partial charge in [-0.2, -0.15) is 0 Å².